The summed E-state index contributed by atoms with van der Waals surface area (Å²) in [5.41, 5.74) is -0.163. The van der Waals surface area contributed by atoms with Crippen molar-refractivity contribution >= 4 is 11.8 Å². The molecule has 2 saturated carbocycles. The van der Waals surface area contributed by atoms with Gasteiger partial charge in [-0.3, -0.25) is 14.5 Å². The number of hydrogen-bond donors (Lipinski definition) is 0. The van der Waals surface area contributed by atoms with Crippen LogP contribution in [0.4, 0.5) is 0 Å². The van der Waals surface area contributed by atoms with Crippen LogP contribution < -0.4 is 0 Å². The summed E-state index contributed by atoms with van der Waals surface area (Å²) in [6.07, 6.45) is 10.7. The summed E-state index contributed by atoms with van der Waals surface area (Å²) < 4.78 is 5.82. The van der Waals surface area contributed by atoms with Crippen LogP contribution >= 0.6 is 0 Å². The van der Waals surface area contributed by atoms with E-state index in [0.717, 1.165) is 44.4 Å². The van der Waals surface area contributed by atoms with E-state index in [1.807, 2.05) is 0 Å². The van der Waals surface area contributed by atoms with Crippen LogP contribution in [0.5, 0.6) is 0 Å². The minimum Gasteiger partial charge on any atom is -0.465 e. The standard InChI is InChI=1S/C26H45NO3/c1-18-7-9-19(10-8-18)15-23(28)21-13-11-20(12-14-21)17-30-24(29)22-16-25(2,3)27(6)26(22,4)5/h18-22H,7-17H2,1-6H3. The van der Waals surface area contributed by atoms with Crippen molar-refractivity contribution in [3.05, 3.63) is 0 Å². The number of ketones is 1. The van der Waals surface area contributed by atoms with Crippen molar-refractivity contribution in [2.45, 2.75) is 110 Å². The van der Waals surface area contributed by atoms with Gasteiger partial charge in [0.1, 0.15) is 5.78 Å². The maximum atomic E-state index is 12.9. The number of hydrogen-bond acceptors (Lipinski definition) is 4. The van der Waals surface area contributed by atoms with Gasteiger partial charge in [0.05, 0.1) is 12.5 Å². The maximum absolute atomic E-state index is 12.9. The van der Waals surface area contributed by atoms with Crippen molar-refractivity contribution in [2.24, 2.45) is 29.6 Å². The summed E-state index contributed by atoms with van der Waals surface area (Å²) in [7, 11) is 2.11. The smallest absolute Gasteiger partial charge is 0.310 e. The molecule has 0 radical (unpaired) electrons. The highest BCUT2D eigenvalue weighted by Crippen LogP contribution is 2.44. The largest absolute Gasteiger partial charge is 0.465 e. The number of carbonyl (C=O) groups is 2. The van der Waals surface area contributed by atoms with Crippen molar-refractivity contribution in [1.82, 2.24) is 4.90 Å². The van der Waals surface area contributed by atoms with Crippen LogP contribution in [0.25, 0.3) is 0 Å². The van der Waals surface area contributed by atoms with Gasteiger partial charge in [-0.25, -0.2) is 0 Å². The highest BCUT2D eigenvalue weighted by molar-refractivity contribution is 5.81. The number of ether oxygens (including phenoxy) is 1. The minimum atomic E-state index is -0.179. The molecule has 3 aliphatic rings. The molecule has 0 aromatic heterocycles. The Morgan fingerprint density at radius 2 is 1.47 bits per heavy atom. The zero-order chi connectivity index (χ0) is 22.1. The highest BCUT2D eigenvalue weighted by atomic mass is 16.5. The van der Waals surface area contributed by atoms with Crippen molar-refractivity contribution in [1.29, 1.82) is 0 Å². The van der Waals surface area contributed by atoms with Crippen LogP contribution in [0.1, 0.15) is 98.8 Å². The lowest BCUT2D eigenvalue weighted by atomic mass is 9.75. The van der Waals surface area contributed by atoms with E-state index >= 15 is 0 Å². The van der Waals surface area contributed by atoms with Crippen molar-refractivity contribution in [3.63, 3.8) is 0 Å². The fourth-order valence-corrected chi connectivity index (χ4v) is 6.21. The third-order valence-electron chi connectivity index (χ3n) is 9.00. The zero-order valence-corrected chi connectivity index (χ0v) is 20.3. The van der Waals surface area contributed by atoms with E-state index in [-0.39, 0.29) is 28.9 Å². The van der Waals surface area contributed by atoms with Gasteiger partial charge in [0, 0.05) is 23.4 Å². The lowest BCUT2D eigenvalue weighted by Crippen LogP contribution is -2.48. The summed E-state index contributed by atoms with van der Waals surface area (Å²) in [5, 5.41) is 0. The molecule has 0 bridgehead atoms. The molecule has 0 amide bonds. The van der Waals surface area contributed by atoms with Crippen LogP contribution in [0.3, 0.4) is 0 Å². The molecule has 2 aliphatic carbocycles. The third-order valence-corrected chi connectivity index (χ3v) is 9.00. The quantitative estimate of drug-likeness (QED) is 0.523. The Kier molecular flexibility index (Phi) is 7.37. The third kappa shape index (κ3) is 5.29. The van der Waals surface area contributed by atoms with Crippen molar-refractivity contribution < 1.29 is 14.3 Å². The topological polar surface area (TPSA) is 46.6 Å². The van der Waals surface area contributed by atoms with Crippen LogP contribution in [0.15, 0.2) is 0 Å². The van der Waals surface area contributed by atoms with E-state index in [0.29, 0.717) is 24.2 Å². The first-order valence-electron chi connectivity index (χ1n) is 12.4. The molecule has 0 aromatic carbocycles. The maximum Gasteiger partial charge on any atom is 0.310 e. The van der Waals surface area contributed by atoms with Gasteiger partial charge >= 0.3 is 5.97 Å². The lowest BCUT2D eigenvalue weighted by Gasteiger charge is -2.38. The molecule has 30 heavy (non-hydrogen) atoms. The zero-order valence-electron chi connectivity index (χ0n) is 20.3. The number of nitrogens with zero attached hydrogens (tertiary/aromatic N) is 1. The summed E-state index contributed by atoms with van der Waals surface area (Å²) in [6, 6.07) is 0. The molecule has 1 unspecified atom stereocenters. The Morgan fingerprint density at radius 3 is 2.00 bits per heavy atom. The molecule has 1 atom stereocenters. The van der Waals surface area contributed by atoms with Gasteiger partial charge in [0.25, 0.3) is 0 Å². The van der Waals surface area contributed by atoms with Crippen LogP contribution in [0, 0.1) is 29.6 Å². The predicted molar refractivity (Wildman–Crippen MR) is 121 cm³/mol. The minimum absolute atomic E-state index is 0.0159. The first-order valence-corrected chi connectivity index (χ1v) is 12.4. The molecule has 1 saturated heterocycles. The van der Waals surface area contributed by atoms with Crippen LogP contribution in [-0.2, 0) is 14.3 Å². The molecule has 0 spiro atoms. The van der Waals surface area contributed by atoms with E-state index in [2.05, 4.69) is 46.6 Å². The fourth-order valence-electron chi connectivity index (χ4n) is 6.21. The predicted octanol–water partition coefficient (Wildman–Crippen LogP) is 5.63. The van der Waals surface area contributed by atoms with Gasteiger partial charge < -0.3 is 4.74 Å². The SMILES string of the molecule is CC1CCC(CC(=O)C2CCC(COC(=O)C3CC(C)(C)N(C)C3(C)C)CC2)CC1. The number of esters is 1. The molecular weight excluding hydrogens is 374 g/mol. The van der Waals surface area contributed by atoms with E-state index in [4.69, 9.17) is 4.74 Å². The molecule has 3 rings (SSSR count). The molecule has 172 valence electrons. The van der Waals surface area contributed by atoms with E-state index in [1.165, 1.54) is 25.7 Å². The van der Waals surface area contributed by atoms with Crippen LogP contribution in [-0.4, -0.2) is 41.4 Å². The second kappa shape index (κ2) is 9.30. The van der Waals surface area contributed by atoms with Crippen LogP contribution in [0.2, 0.25) is 0 Å². The Morgan fingerprint density at radius 1 is 0.900 bits per heavy atom. The molecule has 1 heterocycles. The molecule has 4 heteroatoms. The molecule has 0 N–H and O–H groups in total. The molecule has 0 aromatic rings. The molecule has 3 fully saturated rings. The number of carbonyl (C=O) groups excluding carboxylic acids is 2. The average molecular weight is 420 g/mol. The normalized spacial score (nSPS) is 36.4. The monoisotopic (exact) mass is 419 g/mol. The van der Waals surface area contributed by atoms with Crippen molar-refractivity contribution in [2.75, 3.05) is 13.7 Å². The van der Waals surface area contributed by atoms with Crippen molar-refractivity contribution in [3.8, 4) is 0 Å². The molecular formula is C26H45NO3. The van der Waals surface area contributed by atoms with E-state index < -0.39 is 0 Å². The second-order valence-corrected chi connectivity index (χ2v) is 11.9. The average Bonchev–Trinajstić information content (AvgIpc) is 2.87. The van der Waals surface area contributed by atoms with E-state index in [9.17, 15) is 9.59 Å². The van der Waals surface area contributed by atoms with Gasteiger partial charge in [0.2, 0.25) is 0 Å². The Hall–Kier alpha value is -0.900. The van der Waals surface area contributed by atoms with Gasteiger partial charge in [-0.2, -0.15) is 0 Å². The first kappa shape index (κ1) is 23.8. The van der Waals surface area contributed by atoms with Gasteiger partial charge in [-0.1, -0.05) is 19.8 Å². The summed E-state index contributed by atoms with van der Waals surface area (Å²) in [5.74, 6) is 2.53. The lowest BCUT2D eigenvalue weighted by molar-refractivity contribution is -0.153. The number of rotatable bonds is 6. The number of Topliss-reactive ketones (excluding diaryl/α,β-unsaturated/α-hetero) is 1. The molecule has 4 nitrogen and oxygen atoms in total. The second-order valence-electron chi connectivity index (χ2n) is 11.9. The number of likely N-dealkylation sites (tertiary alicyclic amines) is 1. The van der Waals surface area contributed by atoms with Gasteiger partial charge in [0.15, 0.2) is 0 Å². The van der Waals surface area contributed by atoms with Gasteiger partial charge in [-0.15, -0.1) is 0 Å². The summed E-state index contributed by atoms with van der Waals surface area (Å²) in [6.45, 7) is 11.6. The summed E-state index contributed by atoms with van der Waals surface area (Å²) >= 11 is 0. The Labute approximate surface area is 184 Å². The fraction of sp³-hybridized carbons (Fsp3) is 0.923. The Bertz CT molecular complexity index is 610. The molecule has 1 aliphatic heterocycles. The summed E-state index contributed by atoms with van der Waals surface area (Å²) in [4.78, 5) is 27.9. The van der Waals surface area contributed by atoms with E-state index in [1.54, 1.807) is 0 Å². The highest BCUT2D eigenvalue weighted by Gasteiger charge is 2.53. The first-order chi connectivity index (χ1) is 14.0. The Balaban J connectivity index is 1.40. The van der Waals surface area contributed by atoms with Gasteiger partial charge in [-0.05, 0) is 97.4 Å².